The lowest BCUT2D eigenvalue weighted by atomic mass is 10.1. The molecule has 5 heteroatoms. The minimum Gasteiger partial charge on any atom is -0.467 e. The predicted molar refractivity (Wildman–Crippen MR) is 94.5 cm³/mol. The van der Waals surface area contributed by atoms with Gasteiger partial charge in [0.05, 0.1) is 19.4 Å². The van der Waals surface area contributed by atoms with Crippen LogP contribution in [0.2, 0.25) is 0 Å². The van der Waals surface area contributed by atoms with Crippen LogP contribution < -0.4 is 0 Å². The summed E-state index contributed by atoms with van der Waals surface area (Å²) in [5.74, 6) is 0.836. The fourth-order valence-electron chi connectivity index (χ4n) is 3.17. The highest BCUT2D eigenvalue weighted by molar-refractivity contribution is 7.09. The van der Waals surface area contributed by atoms with E-state index in [4.69, 9.17) is 4.42 Å². The second-order valence-electron chi connectivity index (χ2n) is 6.35. The Kier molecular flexibility index (Phi) is 4.40. The van der Waals surface area contributed by atoms with Crippen molar-refractivity contribution in [3.8, 4) is 0 Å². The van der Waals surface area contributed by atoms with Gasteiger partial charge in [-0.3, -0.25) is 4.79 Å². The van der Waals surface area contributed by atoms with Crippen LogP contribution in [0, 0.1) is 11.7 Å². The lowest BCUT2D eigenvalue weighted by Gasteiger charge is -2.21. The first-order valence-electron chi connectivity index (χ1n) is 8.30. The SMILES string of the molecule is O=C(C1CC1c1ccc(F)cc1)N(Cc1ccco1)Cc1cccs1. The van der Waals surface area contributed by atoms with Crippen LogP contribution in [0.5, 0.6) is 0 Å². The van der Waals surface area contributed by atoms with Gasteiger partial charge in [0.15, 0.2) is 0 Å². The topological polar surface area (TPSA) is 33.5 Å². The van der Waals surface area contributed by atoms with Crippen LogP contribution in [-0.2, 0) is 17.9 Å². The normalized spacial score (nSPS) is 18.9. The molecule has 0 saturated heterocycles. The summed E-state index contributed by atoms with van der Waals surface area (Å²) in [5.41, 5.74) is 1.04. The highest BCUT2D eigenvalue weighted by atomic mass is 32.1. The van der Waals surface area contributed by atoms with Gasteiger partial charge in [0.1, 0.15) is 11.6 Å². The summed E-state index contributed by atoms with van der Waals surface area (Å²) in [6, 6.07) is 14.2. The molecule has 4 rings (SSSR count). The Labute approximate surface area is 149 Å². The number of halogens is 1. The Balaban J connectivity index is 1.48. The van der Waals surface area contributed by atoms with E-state index < -0.39 is 0 Å². The molecule has 1 amide bonds. The fourth-order valence-corrected chi connectivity index (χ4v) is 3.89. The quantitative estimate of drug-likeness (QED) is 0.636. The molecule has 0 N–H and O–H groups in total. The van der Waals surface area contributed by atoms with Crippen molar-refractivity contribution < 1.29 is 13.6 Å². The average Bonchev–Trinajstić information content (AvgIpc) is 2.98. The molecule has 1 fully saturated rings. The molecule has 1 aliphatic carbocycles. The highest BCUT2D eigenvalue weighted by Gasteiger charge is 2.45. The summed E-state index contributed by atoms with van der Waals surface area (Å²) < 4.78 is 18.5. The monoisotopic (exact) mass is 355 g/mol. The van der Waals surface area contributed by atoms with Crippen LogP contribution in [0.15, 0.2) is 64.6 Å². The minimum atomic E-state index is -0.246. The van der Waals surface area contributed by atoms with E-state index in [1.54, 1.807) is 29.7 Å². The van der Waals surface area contributed by atoms with Crippen molar-refractivity contribution in [2.45, 2.75) is 25.4 Å². The summed E-state index contributed by atoms with van der Waals surface area (Å²) in [6.07, 6.45) is 2.45. The van der Waals surface area contributed by atoms with Gasteiger partial charge in [-0.25, -0.2) is 4.39 Å². The number of rotatable bonds is 6. The van der Waals surface area contributed by atoms with E-state index in [0.717, 1.165) is 22.6 Å². The zero-order valence-electron chi connectivity index (χ0n) is 13.6. The lowest BCUT2D eigenvalue weighted by Crippen LogP contribution is -2.31. The first-order chi connectivity index (χ1) is 12.2. The Bertz CT molecular complexity index is 791. The number of amides is 1. The molecule has 1 aromatic carbocycles. The van der Waals surface area contributed by atoms with Gasteiger partial charge >= 0.3 is 0 Å². The van der Waals surface area contributed by atoms with Crippen LogP contribution >= 0.6 is 11.3 Å². The van der Waals surface area contributed by atoms with Gasteiger partial charge in [0, 0.05) is 10.8 Å². The van der Waals surface area contributed by atoms with Gasteiger partial charge in [0.25, 0.3) is 0 Å². The molecule has 2 atom stereocenters. The second-order valence-corrected chi connectivity index (χ2v) is 7.39. The zero-order valence-corrected chi connectivity index (χ0v) is 14.4. The Morgan fingerprint density at radius 3 is 2.68 bits per heavy atom. The van der Waals surface area contributed by atoms with E-state index in [2.05, 4.69) is 0 Å². The van der Waals surface area contributed by atoms with E-state index in [1.807, 2.05) is 34.5 Å². The summed E-state index contributed by atoms with van der Waals surface area (Å²) >= 11 is 1.65. The summed E-state index contributed by atoms with van der Waals surface area (Å²) in [4.78, 5) is 16.0. The highest BCUT2D eigenvalue weighted by Crippen LogP contribution is 2.48. The van der Waals surface area contributed by atoms with E-state index in [-0.39, 0.29) is 23.6 Å². The van der Waals surface area contributed by atoms with E-state index in [9.17, 15) is 9.18 Å². The van der Waals surface area contributed by atoms with Crippen LogP contribution in [0.3, 0.4) is 0 Å². The van der Waals surface area contributed by atoms with Gasteiger partial charge in [-0.15, -0.1) is 11.3 Å². The van der Waals surface area contributed by atoms with Gasteiger partial charge < -0.3 is 9.32 Å². The number of carbonyl (C=O) groups is 1. The van der Waals surface area contributed by atoms with Crippen LogP contribution in [-0.4, -0.2) is 10.8 Å². The molecule has 1 saturated carbocycles. The number of furan rings is 1. The molecule has 0 bridgehead atoms. The molecular weight excluding hydrogens is 337 g/mol. The number of thiophene rings is 1. The first-order valence-corrected chi connectivity index (χ1v) is 9.17. The molecule has 1 aliphatic rings. The molecule has 128 valence electrons. The standard InChI is InChI=1S/C20H18FNO2S/c21-15-7-5-14(6-8-15)18-11-19(18)20(23)22(12-16-3-1-9-24-16)13-17-4-2-10-25-17/h1-10,18-19H,11-13H2. The van der Waals surface area contributed by atoms with Crippen molar-refractivity contribution in [2.75, 3.05) is 0 Å². The number of carbonyl (C=O) groups excluding carboxylic acids is 1. The van der Waals surface area contributed by atoms with Crippen molar-refractivity contribution in [1.29, 1.82) is 0 Å². The maximum Gasteiger partial charge on any atom is 0.227 e. The van der Waals surface area contributed by atoms with Crippen molar-refractivity contribution in [3.05, 3.63) is 82.2 Å². The third-order valence-electron chi connectivity index (χ3n) is 4.57. The smallest absolute Gasteiger partial charge is 0.227 e. The summed E-state index contributed by atoms with van der Waals surface area (Å²) in [7, 11) is 0. The van der Waals surface area contributed by atoms with E-state index >= 15 is 0 Å². The van der Waals surface area contributed by atoms with Crippen molar-refractivity contribution in [2.24, 2.45) is 5.92 Å². The van der Waals surface area contributed by atoms with Crippen molar-refractivity contribution >= 4 is 17.2 Å². The van der Waals surface area contributed by atoms with E-state index in [0.29, 0.717) is 13.1 Å². The van der Waals surface area contributed by atoms with Crippen molar-refractivity contribution in [3.63, 3.8) is 0 Å². The molecule has 2 unspecified atom stereocenters. The van der Waals surface area contributed by atoms with Gasteiger partial charge in [-0.05, 0) is 53.6 Å². The van der Waals surface area contributed by atoms with Crippen molar-refractivity contribution in [1.82, 2.24) is 4.90 Å². The number of hydrogen-bond donors (Lipinski definition) is 0. The van der Waals surface area contributed by atoms with Crippen LogP contribution in [0.1, 0.15) is 28.5 Å². The third-order valence-corrected chi connectivity index (χ3v) is 5.43. The summed E-state index contributed by atoms with van der Waals surface area (Å²) in [6.45, 7) is 1.06. The predicted octanol–water partition coefficient (Wildman–Crippen LogP) is 4.81. The molecule has 0 aliphatic heterocycles. The Morgan fingerprint density at radius 1 is 1.16 bits per heavy atom. The van der Waals surface area contributed by atoms with E-state index in [1.165, 1.54) is 12.1 Å². The lowest BCUT2D eigenvalue weighted by molar-refractivity contribution is -0.134. The van der Waals surface area contributed by atoms with Gasteiger partial charge in [-0.1, -0.05) is 18.2 Å². The minimum absolute atomic E-state index is 0.0274. The van der Waals surface area contributed by atoms with Gasteiger partial charge in [0.2, 0.25) is 5.91 Å². The molecular formula is C20H18FNO2S. The molecule has 0 spiro atoms. The maximum atomic E-state index is 13.1. The molecule has 0 radical (unpaired) electrons. The van der Waals surface area contributed by atoms with Gasteiger partial charge in [-0.2, -0.15) is 0 Å². The number of benzene rings is 1. The molecule has 25 heavy (non-hydrogen) atoms. The number of hydrogen-bond acceptors (Lipinski definition) is 3. The number of nitrogens with zero attached hydrogens (tertiary/aromatic N) is 1. The first kappa shape index (κ1) is 16.1. The zero-order chi connectivity index (χ0) is 17.2. The Morgan fingerprint density at radius 2 is 2.00 bits per heavy atom. The third kappa shape index (κ3) is 3.66. The van der Waals surface area contributed by atoms with Crippen LogP contribution in [0.4, 0.5) is 4.39 Å². The average molecular weight is 355 g/mol. The second kappa shape index (κ2) is 6.84. The molecule has 3 nitrogen and oxygen atoms in total. The molecule has 2 aromatic heterocycles. The maximum absolute atomic E-state index is 13.1. The Hall–Kier alpha value is -2.40. The summed E-state index contributed by atoms with van der Waals surface area (Å²) in [5, 5.41) is 2.02. The van der Waals surface area contributed by atoms with Crippen LogP contribution in [0.25, 0.3) is 0 Å². The fraction of sp³-hybridized carbons (Fsp3) is 0.250. The molecule has 3 aromatic rings. The largest absolute Gasteiger partial charge is 0.467 e. The molecule has 2 heterocycles.